The minimum atomic E-state index is 0.163. The Labute approximate surface area is 92.2 Å². The van der Waals surface area contributed by atoms with E-state index in [2.05, 4.69) is 33.1 Å². The van der Waals surface area contributed by atoms with Crippen molar-refractivity contribution in [2.24, 2.45) is 0 Å². The third-order valence-corrected chi connectivity index (χ3v) is 2.81. The predicted octanol–water partition coefficient (Wildman–Crippen LogP) is 2.49. The third-order valence-electron chi connectivity index (χ3n) is 1.77. The highest BCUT2D eigenvalue weighted by Crippen LogP contribution is 2.24. The fraction of sp³-hybridized carbons (Fsp3) is 0.778. The summed E-state index contributed by atoms with van der Waals surface area (Å²) in [5.74, 6) is 1.30. The molecule has 1 atom stereocenters. The summed E-state index contributed by atoms with van der Waals surface area (Å²) in [7, 11) is 0. The highest BCUT2D eigenvalue weighted by Gasteiger charge is 2.12. The molecule has 0 radical (unpaired) electrons. The minimum absolute atomic E-state index is 0.163. The lowest BCUT2D eigenvalue weighted by Gasteiger charge is -1.98. The van der Waals surface area contributed by atoms with Gasteiger partial charge in [0, 0.05) is 13.0 Å². The number of aromatic nitrogens is 2. The van der Waals surface area contributed by atoms with E-state index in [9.17, 15) is 0 Å². The molecule has 14 heavy (non-hydrogen) atoms. The first-order valence-electron chi connectivity index (χ1n) is 4.82. The number of halogens is 1. The highest BCUT2D eigenvalue weighted by molar-refractivity contribution is 9.09. The first-order valence-corrected chi connectivity index (χ1v) is 5.73. The van der Waals surface area contributed by atoms with Crippen LogP contribution in [0.4, 0.5) is 0 Å². The second kappa shape index (κ2) is 6.14. The number of nitrogens with zero attached hydrogens (tertiary/aromatic N) is 2. The van der Waals surface area contributed by atoms with Gasteiger partial charge in [0.2, 0.25) is 11.8 Å². The molecule has 5 heteroatoms. The summed E-state index contributed by atoms with van der Waals surface area (Å²) in [4.78, 5) is 0.163. The second-order valence-corrected chi connectivity index (χ2v) is 3.96. The lowest BCUT2D eigenvalue weighted by Crippen LogP contribution is -1.97. The van der Waals surface area contributed by atoms with Gasteiger partial charge in [0.1, 0.15) is 0 Å². The van der Waals surface area contributed by atoms with Crippen molar-refractivity contribution in [1.82, 2.24) is 10.2 Å². The third kappa shape index (κ3) is 3.38. The van der Waals surface area contributed by atoms with Crippen LogP contribution in [0.3, 0.4) is 0 Å². The van der Waals surface area contributed by atoms with Crippen LogP contribution in [-0.2, 0) is 11.2 Å². The molecule has 0 aliphatic heterocycles. The van der Waals surface area contributed by atoms with Crippen molar-refractivity contribution in [1.29, 1.82) is 0 Å². The molecule has 1 aromatic rings. The van der Waals surface area contributed by atoms with E-state index in [1.54, 1.807) is 0 Å². The Bertz CT molecular complexity index is 265. The molecular formula is C9H15BrN2O2. The topological polar surface area (TPSA) is 48.2 Å². The van der Waals surface area contributed by atoms with Crippen molar-refractivity contribution < 1.29 is 9.15 Å². The average molecular weight is 263 g/mol. The van der Waals surface area contributed by atoms with Crippen molar-refractivity contribution in [3.05, 3.63) is 11.8 Å². The van der Waals surface area contributed by atoms with Gasteiger partial charge < -0.3 is 9.15 Å². The molecule has 0 fully saturated rings. The summed E-state index contributed by atoms with van der Waals surface area (Å²) in [6.45, 7) is 5.38. The Kier molecular flexibility index (Phi) is 5.11. The molecule has 80 valence electrons. The van der Waals surface area contributed by atoms with E-state index in [-0.39, 0.29) is 4.83 Å². The maximum absolute atomic E-state index is 5.43. The molecule has 0 amide bonds. The Morgan fingerprint density at radius 3 is 2.86 bits per heavy atom. The van der Waals surface area contributed by atoms with Crippen LogP contribution in [0, 0.1) is 0 Å². The Balaban J connectivity index is 2.42. The summed E-state index contributed by atoms with van der Waals surface area (Å²) in [5.41, 5.74) is 0. The zero-order valence-electron chi connectivity index (χ0n) is 8.49. The summed E-state index contributed by atoms with van der Waals surface area (Å²) in [6, 6.07) is 0. The zero-order valence-corrected chi connectivity index (χ0v) is 10.1. The van der Waals surface area contributed by atoms with Crippen LogP contribution in [0.5, 0.6) is 0 Å². The lowest BCUT2D eigenvalue weighted by molar-refractivity contribution is 0.145. The van der Waals surface area contributed by atoms with E-state index < -0.39 is 0 Å². The first kappa shape index (κ1) is 11.7. The molecule has 0 aliphatic carbocycles. The largest absolute Gasteiger partial charge is 0.424 e. The quantitative estimate of drug-likeness (QED) is 0.584. The monoisotopic (exact) mass is 262 g/mol. The number of hydrogen-bond acceptors (Lipinski definition) is 4. The SMILES string of the molecule is CCOCCc1nnc(C(Br)CC)o1. The van der Waals surface area contributed by atoms with E-state index in [0.717, 1.165) is 13.0 Å². The highest BCUT2D eigenvalue weighted by atomic mass is 79.9. The van der Waals surface area contributed by atoms with E-state index in [0.29, 0.717) is 24.8 Å². The van der Waals surface area contributed by atoms with Crippen LogP contribution in [-0.4, -0.2) is 23.4 Å². The van der Waals surface area contributed by atoms with Crippen LogP contribution in [0.25, 0.3) is 0 Å². The molecule has 0 aromatic carbocycles. The molecule has 0 aliphatic rings. The van der Waals surface area contributed by atoms with Gasteiger partial charge in [0.05, 0.1) is 11.4 Å². The van der Waals surface area contributed by atoms with Gasteiger partial charge >= 0.3 is 0 Å². The minimum Gasteiger partial charge on any atom is -0.424 e. The molecule has 1 rings (SSSR count). The number of hydrogen-bond donors (Lipinski definition) is 0. The molecule has 4 nitrogen and oxygen atoms in total. The van der Waals surface area contributed by atoms with Crippen molar-refractivity contribution in [2.75, 3.05) is 13.2 Å². The lowest BCUT2D eigenvalue weighted by atomic mass is 10.3. The van der Waals surface area contributed by atoms with E-state index in [1.807, 2.05) is 6.92 Å². The van der Waals surface area contributed by atoms with Gasteiger partial charge in [0.25, 0.3) is 0 Å². The fourth-order valence-corrected chi connectivity index (χ4v) is 1.16. The Morgan fingerprint density at radius 1 is 1.43 bits per heavy atom. The van der Waals surface area contributed by atoms with Crippen molar-refractivity contribution >= 4 is 15.9 Å². The summed E-state index contributed by atoms with van der Waals surface area (Å²) >= 11 is 3.45. The fourth-order valence-electron chi connectivity index (χ4n) is 0.973. The van der Waals surface area contributed by atoms with Gasteiger partial charge in [0.15, 0.2) is 0 Å². The molecule has 1 aromatic heterocycles. The van der Waals surface area contributed by atoms with Gasteiger partial charge in [-0.15, -0.1) is 10.2 Å². The van der Waals surface area contributed by atoms with Crippen LogP contribution in [0.1, 0.15) is 36.9 Å². The Hall–Kier alpha value is -0.420. The van der Waals surface area contributed by atoms with Crippen LogP contribution in [0.15, 0.2) is 4.42 Å². The number of ether oxygens (including phenoxy) is 1. The number of alkyl halides is 1. The van der Waals surface area contributed by atoms with E-state index >= 15 is 0 Å². The van der Waals surface area contributed by atoms with E-state index in [4.69, 9.17) is 9.15 Å². The van der Waals surface area contributed by atoms with Gasteiger partial charge in [-0.25, -0.2) is 0 Å². The zero-order chi connectivity index (χ0) is 10.4. The molecule has 0 saturated heterocycles. The second-order valence-electron chi connectivity index (χ2n) is 2.86. The maximum Gasteiger partial charge on any atom is 0.230 e. The number of rotatable bonds is 6. The van der Waals surface area contributed by atoms with Gasteiger partial charge in [-0.05, 0) is 13.3 Å². The molecular weight excluding hydrogens is 248 g/mol. The van der Waals surface area contributed by atoms with Gasteiger partial charge in [-0.2, -0.15) is 0 Å². The average Bonchev–Trinajstić information content (AvgIpc) is 2.66. The van der Waals surface area contributed by atoms with Crippen molar-refractivity contribution in [3.8, 4) is 0 Å². The van der Waals surface area contributed by atoms with Gasteiger partial charge in [-0.1, -0.05) is 22.9 Å². The van der Waals surface area contributed by atoms with Crippen LogP contribution < -0.4 is 0 Å². The molecule has 0 saturated carbocycles. The summed E-state index contributed by atoms with van der Waals surface area (Å²) in [5, 5.41) is 7.88. The van der Waals surface area contributed by atoms with Crippen LogP contribution in [0.2, 0.25) is 0 Å². The maximum atomic E-state index is 5.43. The molecule has 0 N–H and O–H groups in total. The van der Waals surface area contributed by atoms with E-state index in [1.165, 1.54) is 0 Å². The van der Waals surface area contributed by atoms with Gasteiger partial charge in [-0.3, -0.25) is 0 Å². The summed E-state index contributed by atoms with van der Waals surface area (Å²) < 4.78 is 10.6. The molecule has 1 unspecified atom stereocenters. The van der Waals surface area contributed by atoms with Crippen molar-refractivity contribution in [2.45, 2.75) is 31.5 Å². The Morgan fingerprint density at radius 2 is 2.21 bits per heavy atom. The molecule has 0 spiro atoms. The standard InChI is InChI=1S/C9H15BrN2O2/c1-3-7(10)9-12-11-8(14-9)5-6-13-4-2/h7H,3-6H2,1-2H3. The first-order chi connectivity index (χ1) is 6.77. The molecule has 0 bridgehead atoms. The summed E-state index contributed by atoms with van der Waals surface area (Å²) in [6.07, 6.45) is 1.62. The smallest absolute Gasteiger partial charge is 0.230 e. The van der Waals surface area contributed by atoms with Crippen LogP contribution >= 0.6 is 15.9 Å². The predicted molar refractivity (Wildman–Crippen MR) is 56.5 cm³/mol. The normalized spacial score (nSPS) is 13.1. The van der Waals surface area contributed by atoms with Crippen molar-refractivity contribution in [3.63, 3.8) is 0 Å². The molecule has 1 heterocycles.